The highest BCUT2D eigenvalue weighted by atomic mass is 79.9. The fraction of sp³-hybridized carbons (Fsp3) is 0.300. The number of carbonyl (C=O) groups excluding carboxylic acids is 1. The number of carbonyl (C=O) groups is 1. The normalized spacial score (nSPS) is 16.2. The standard InChI is InChI=1S/C20H19BrN6OS/c1-27(2)20(28)10-3-4-12-16(6-10)29-19-17(12)18(22-9-23-19)25-15-5-11-8-24-26-14(11)7-13(15)21/h5,7-10H,3-4,6H2,1-2H3,(H,24,26)(H,22,23,25). The van der Waals surface area contributed by atoms with Crippen LogP contribution in [0, 0.1) is 5.92 Å². The Kier molecular flexibility index (Phi) is 4.51. The van der Waals surface area contributed by atoms with Gasteiger partial charge in [0, 0.05) is 34.7 Å². The molecule has 1 aliphatic rings. The van der Waals surface area contributed by atoms with Gasteiger partial charge in [-0.1, -0.05) is 0 Å². The summed E-state index contributed by atoms with van der Waals surface area (Å²) in [5.74, 6) is 1.05. The average molecular weight is 471 g/mol. The number of halogens is 1. The first-order chi connectivity index (χ1) is 14.0. The van der Waals surface area contributed by atoms with Crippen molar-refractivity contribution in [1.82, 2.24) is 25.1 Å². The van der Waals surface area contributed by atoms with Gasteiger partial charge in [-0.2, -0.15) is 5.10 Å². The lowest BCUT2D eigenvalue weighted by molar-refractivity contribution is -0.133. The van der Waals surface area contributed by atoms with Gasteiger partial charge in [0.25, 0.3) is 0 Å². The highest BCUT2D eigenvalue weighted by molar-refractivity contribution is 9.10. The van der Waals surface area contributed by atoms with E-state index >= 15 is 0 Å². The van der Waals surface area contributed by atoms with E-state index in [4.69, 9.17) is 0 Å². The van der Waals surface area contributed by atoms with Crippen molar-refractivity contribution >= 4 is 65.8 Å². The van der Waals surface area contributed by atoms with Crippen LogP contribution < -0.4 is 5.32 Å². The van der Waals surface area contributed by atoms with Gasteiger partial charge in [0.2, 0.25) is 5.91 Å². The molecule has 0 saturated carbocycles. The molecule has 29 heavy (non-hydrogen) atoms. The maximum atomic E-state index is 12.4. The predicted octanol–water partition coefficient (Wildman–Crippen LogP) is 4.27. The van der Waals surface area contributed by atoms with Crippen molar-refractivity contribution in [2.24, 2.45) is 5.92 Å². The molecule has 0 radical (unpaired) electrons. The third kappa shape index (κ3) is 3.18. The molecule has 0 bridgehead atoms. The summed E-state index contributed by atoms with van der Waals surface area (Å²) in [5.41, 5.74) is 3.17. The minimum Gasteiger partial charge on any atom is -0.349 e. The first-order valence-electron chi connectivity index (χ1n) is 9.37. The molecule has 7 nitrogen and oxygen atoms in total. The molecule has 1 unspecified atom stereocenters. The summed E-state index contributed by atoms with van der Waals surface area (Å²) < 4.78 is 0.932. The Morgan fingerprint density at radius 3 is 3.03 bits per heavy atom. The molecular formula is C20H19BrN6OS. The van der Waals surface area contributed by atoms with E-state index in [1.165, 1.54) is 10.4 Å². The number of nitrogens with one attached hydrogen (secondary N) is 2. The van der Waals surface area contributed by atoms with E-state index in [0.717, 1.165) is 56.4 Å². The van der Waals surface area contributed by atoms with Crippen LogP contribution in [0.1, 0.15) is 16.9 Å². The van der Waals surface area contributed by atoms with Gasteiger partial charge in [0.05, 0.1) is 22.8 Å². The Morgan fingerprint density at radius 1 is 1.34 bits per heavy atom. The number of fused-ring (bicyclic) bond motifs is 4. The summed E-state index contributed by atoms with van der Waals surface area (Å²) in [6, 6.07) is 4.05. The minimum absolute atomic E-state index is 0.0487. The molecule has 0 saturated heterocycles. The summed E-state index contributed by atoms with van der Waals surface area (Å²) in [4.78, 5) is 25.4. The topological polar surface area (TPSA) is 86.8 Å². The second kappa shape index (κ2) is 7.07. The summed E-state index contributed by atoms with van der Waals surface area (Å²) in [7, 11) is 3.65. The van der Waals surface area contributed by atoms with E-state index in [2.05, 4.69) is 41.4 Å². The summed E-state index contributed by atoms with van der Waals surface area (Å²) in [6.07, 6.45) is 5.89. The van der Waals surface area contributed by atoms with E-state index < -0.39 is 0 Å². The lowest BCUT2D eigenvalue weighted by Crippen LogP contribution is -2.32. The van der Waals surface area contributed by atoms with Crippen LogP contribution in [-0.2, 0) is 17.6 Å². The molecule has 4 aromatic rings. The van der Waals surface area contributed by atoms with Gasteiger partial charge in [-0.3, -0.25) is 9.89 Å². The molecule has 3 heterocycles. The van der Waals surface area contributed by atoms with Crippen LogP contribution in [-0.4, -0.2) is 45.1 Å². The van der Waals surface area contributed by atoms with Crippen LogP contribution in [0.3, 0.4) is 0 Å². The summed E-state index contributed by atoms with van der Waals surface area (Å²) >= 11 is 5.31. The maximum Gasteiger partial charge on any atom is 0.225 e. The summed E-state index contributed by atoms with van der Waals surface area (Å²) in [5, 5.41) is 12.6. The first-order valence-corrected chi connectivity index (χ1v) is 11.0. The van der Waals surface area contributed by atoms with Crippen molar-refractivity contribution in [2.45, 2.75) is 19.3 Å². The van der Waals surface area contributed by atoms with Crippen LogP contribution in [0.2, 0.25) is 0 Å². The Morgan fingerprint density at radius 2 is 2.21 bits per heavy atom. The number of aryl methyl sites for hydroxylation is 1. The van der Waals surface area contributed by atoms with Gasteiger partial charge in [0.1, 0.15) is 17.0 Å². The van der Waals surface area contributed by atoms with E-state index in [9.17, 15) is 4.79 Å². The number of aromatic amines is 1. The molecule has 3 aromatic heterocycles. The molecule has 0 fully saturated rings. The van der Waals surface area contributed by atoms with Gasteiger partial charge < -0.3 is 10.2 Å². The number of aromatic nitrogens is 4. The van der Waals surface area contributed by atoms with Crippen LogP contribution in [0.25, 0.3) is 21.1 Å². The molecule has 9 heteroatoms. The van der Waals surface area contributed by atoms with E-state index in [1.54, 1.807) is 28.8 Å². The Labute approximate surface area is 179 Å². The number of amides is 1. The third-order valence-electron chi connectivity index (χ3n) is 5.42. The molecule has 1 aromatic carbocycles. The average Bonchev–Trinajstić information content (AvgIpc) is 3.30. The number of anilines is 2. The van der Waals surface area contributed by atoms with Crippen molar-refractivity contribution in [3.63, 3.8) is 0 Å². The predicted molar refractivity (Wildman–Crippen MR) is 119 cm³/mol. The molecule has 1 atom stereocenters. The molecule has 5 rings (SSSR count). The molecule has 1 amide bonds. The largest absolute Gasteiger partial charge is 0.349 e. The molecule has 148 valence electrons. The van der Waals surface area contributed by atoms with E-state index in [1.807, 2.05) is 26.2 Å². The number of nitrogens with zero attached hydrogens (tertiary/aromatic N) is 4. The fourth-order valence-corrected chi connectivity index (χ4v) is 5.68. The zero-order valence-electron chi connectivity index (χ0n) is 16.0. The maximum absolute atomic E-state index is 12.4. The molecule has 2 N–H and O–H groups in total. The number of benzene rings is 1. The first kappa shape index (κ1) is 18.5. The number of rotatable bonds is 3. The van der Waals surface area contributed by atoms with Crippen LogP contribution in [0.4, 0.5) is 11.5 Å². The zero-order valence-corrected chi connectivity index (χ0v) is 18.4. The Bertz CT molecular complexity index is 1250. The third-order valence-corrected chi connectivity index (χ3v) is 7.23. The Hall–Kier alpha value is -2.52. The quantitative estimate of drug-likeness (QED) is 0.466. The zero-order chi connectivity index (χ0) is 20.1. The van der Waals surface area contributed by atoms with Crippen LogP contribution >= 0.6 is 27.3 Å². The monoisotopic (exact) mass is 470 g/mol. The molecule has 0 aliphatic heterocycles. The van der Waals surface area contributed by atoms with E-state index in [0.29, 0.717) is 0 Å². The highest BCUT2D eigenvalue weighted by Gasteiger charge is 2.29. The second-order valence-corrected chi connectivity index (χ2v) is 9.43. The highest BCUT2D eigenvalue weighted by Crippen LogP contribution is 2.41. The number of hydrogen-bond donors (Lipinski definition) is 2. The minimum atomic E-state index is 0.0487. The van der Waals surface area contributed by atoms with Crippen molar-refractivity contribution in [1.29, 1.82) is 0 Å². The molecule has 0 spiro atoms. The van der Waals surface area contributed by atoms with Gasteiger partial charge in [-0.05, 0) is 52.9 Å². The van der Waals surface area contributed by atoms with E-state index in [-0.39, 0.29) is 11.8 Å². The second-order valence-electron chi connectivity index (χ2n) is 7.49. The van der Waals surface area contributed by atoms with Crippen molar-refractivity contribution in [3.05, 3.63) is 39.6 Å². The fourth-order valence-electron chi connectivity index (χ4n) is 3.97. The van der Waals surface area contributed by atoms with Crippen molar-refractivity contribution in [3.8, 4) is 0 Å². The van der Waals surface area contributed by atoms with Gasteiger partial charge in [-0.25, -0.2) is 9.97 Å². The van der Waals surface area contributed by atoms with Crippen LogP contribution in [0.5, 0.6) is 0 Å². The van der Waals surface area contributed by atoms with Crippen molar-refractivity contribution < 1.29 is 4.79 Å². The number of hydrogen-bond acceptors (Lipinski definition) is 6. The lowest BCUT2D eigenvalue weighted by atomic mass is 9.87. The number of H-pyrrole nitrogens is 1. The molecule has 1 aliphatic carbocycles. The number of thiophene rings is 1. The van der Waals surface area contributed by atoms with Gasteiger partial charge in [0.15, 0.2) is 0 Å². The van der Waals surface area contributed by atoms with Crippen LogP contribution in [0.15, 0.2) is 29.1 Å². The lowest BCUT2D eigenvalue weighted by Gasteiger charge is -2.24. The van der Waals surface area contributed by atoms with Gasteiger partial charge in [-0.15, -0.1) is 11.3 Å². The molecular weight excluding hydrogens is 452 g/mol. The van der Waals surface area contributed by atoms with Gasteiger partial charge >= 0.3 is 0 Å². The summed E-state index contributed by atoms with van der Waals surface area (Å²) in [6.45, 7) is 0. The van der Waals surface area contributed by atoms with Crippen molar-refractivity contribution in [2.75, 3.05) is 19.4 Å². The Balaban J connectivity index is 1.54. The smallest absolute Gasteiger partial charge is 0.225 e. The SMILES string of the molecule is CN(C)C(=O)C1CCc2c(sc3ncnc(Nc4cc5cn[nH]c5cc4Br)c23)C1.